The number of carboxylic acids is 2. The van der Waals surface area contributed by atoms with Crippen LogP contribution in [0.15, 0.2) is 36.4 Å². The zero-order valence-corrected chi connectivity index (χ0v) is 21.1. The molecule has 0 radical (unpaired) electrons. The van der Waals surface area contributed by atoms with E-state index in [0.29, 0.717) is 6.42 Å². The van der Waals surface area contributed by atoms with Gasteiger partial charge >= 0.3 is 11.9 Å². The van der Waals surface area contributed by atoms with E-state index in [1.165, 1.54) is 10.1 Å². The average Bonchev–Trinajstić information content (AvgIpc) is 3.44. The molecule has 0 bridgehead atoms. The van der Waals surface area contributed by atoms with Gasteiger partial charge in [-0.05, 0) is 47.3 Å². The molecule has 1 amide bonds. The van der Waals surface area contributed by atoms with E-state index in [1.54, 1.807) is 11.5 Å². The fraction of sp³-hybridized carbons (Fsp3) is 0.360. The minimum atomic E-state index is -1.08. The first-order valence-corrected chi connectivity index (χ1v) is 12.8. The van der Waals surface area contributed by atoms with Crippen LogP contribution < -0.4 is 10.2 Å². The Labute approximate surface area is 217 Å². The summed E-state index contributed by atoms with van der Waals surface area (Å²) in [6.07, 6.45) is 0.768. The Hall–Kier alpha value is -3.21. The average molecular weight is 531 g/mol. The number of nitrogens with one attached hydrogen (secondary N) is 1. The van der Waals surface area contributed by atoms with Gasteiger partial charge in [0.25, 0.3) is 0 Å². The van der Waals surface area contributed by atoms with Crippen molar-refractivity contribution in [1.29, 1.82) is 0 Å². The maximum atomic E-state index is 11.6. The fourth-order valence-electron chi connectivity index (χ4n) is 4.27. The molecule has 3 heterocycles. The molecule has 2 aromatic carbocycles. The smallest absolute Gasteiger partial charge is 0.303 e. The van der Waals surface area contributed by atoms with Crippen molar-refractivity contribution in [2.24, 2.45) is 0 Å². The van der Waals surface area contributed by atoms with Gasteiger partial charge < -0.3 is 20.4 Å². The summed E-state index contributed by atoms with van der Waals surface area (Å²) >= 11 is 8.01. The number of rotatable bonds is 7. The third kappa shape index (κ3) is 6.51. The summed E-state index contributed by atoms with van der Waals surface area (Å²) in [6.45, 7) is 5.00. The van der Waals surface area contributed by atoms with Gasteiger partial charge in [0.1, 0.15) is 5.82 Å². The number of piperazine rings is 1. The van der Waals surface area contributed by atoms with Crippen molar-refractivity contribution in [2.75, 3.05) is 42.9 Å². The lowest BCUT2D eigenvalue weighted by atomic mass is 10.1. The molecule has 1 fully saturated rings. The van der Waals surface area contributed by atoms with Crippen molar-refractivity contribution in [3.05, 3.63) is 52.5 Å². The normalized spacial score (nSPS) is 15.2. The largest absolute Gasteiger partial charge is 0.481 e. The highest BCUT2D eigenvalue weighted by atomic mass is 35.5. The third-order valence-corrected chi connectivity index (χ3v) is 7.35. The van der Waals surface area contributed by atoms with Gasteiger partial charge in [0.05, 0.1) is 24.0 Å². The van der Waals surface area contributed by atoms with E-state index in [-0.39, 0.29) is 18.7 Å². The van der Waals surface area contributed by atoms with Crippen molar-refractivity contribution in [2.45, 2.75) is 25.7 Å². The lowest BCUT2D eigenvalue weighted by molar-refractivity contribution is -0.143. The second-order valence-electron chi connectivity index (χ2n) is 8.69. The first kappa shape index (κ1) is 25.9. The first-order valence-electron chi connectivity index (χ1n) is 11.7. The Morgan fingerprint density at radius 3 is 2.44 bits per heavy atom. The molecule has 1 saturated heterocycles. The molecule has 3 N–H and O–H groups in total. The second-order valence-corrected chi connectivity index (χ2v) is 9.91. The van der Waals surface area contributed by atoms with Crippen LogP contribution in [0.5, 0.6) is 0 Å². The molecular weight excluding hydrogens is 504 g/mol. The highest BCUT2D eigenvalue weighted by Crippen LogP contribution is 2.31. The molecule has 0 spiro atoms. The third-order valence-electron chi connectivity index (χ3n) is 6.18. The first-order chi connectivity index (χ1) is 17.3. The number of aromatic nitrogens is 1. The maximum absolute atomic E-state index is 11.6. The molecule has 2 aliphatic rings. The van der Waals surface area contributed by atoms with Crippen LogP contribution in [-0.4, -0.2) is 70.1 Å². The summed E-state index contributed by atoms with van der Waals surface area (Å²) in [5, 5.41) is 20.7. The van der Waals surface area contributed by atoms with Gasteiger partial charge in [0, 0.05) is 48.8 Å². The van der Waals surface area contributed by atoms with Crippen LogP contribution in [0.4, 0.5) is 11.5 Å². The number of carbonyl (C=O) groups is 3. The number of fused-ring (bicyclic) bond motifs is 2. The highest BCUT2D eigenvalue weighted by molar-refractivity contribution is 7.13. The van der Waals surface area contributed by atoms with Crippen LogP contribution in [-0.2, 0) is 27.2 Å². The number of halogens is 1. The van der Waals surface area contributed by atoms with E-state index in [4.69, 9.17) is 21.8 Å². The minimum absolute atomic E-state index is 0.0499. The Bertz CT molecular complexity index is 1260. The van der Waals surface area contributed by atoms with Gasteiger partial charge in [-0.2, -0.15) is 4.37 Å². The van der Waals surface area contributed by atoms with Crippen molar-refractivity contribution in [3.63, 3.8) is 0 Å². The molecule has 9 nitrogen and oxygen atoms in total. The number of aliphatic carboxylic acids is 2. The van der Waals surface area contributed by atoms with Crippen molar-refractivity contribution >= 4 is 62.6 Å². The van der Waals surface area contributed by atoms with Crippen molar-refractivity contribution < 1.29 is 24.6 Å². The number of carboxylic acid groups (broad SMARTS) is 2. The van der Waals surface area contributed by atoms with E-state index >= 15 is 0 Å². The molecule has 2 aliphatic heterocycles. The molecule has 0 aliphatic carbocycles. The zero-order chi connectivity index (χ0) is 25.7. The second kappa shape index (κ2) is 11.7. The van der Waals surface area contributed by atoms with Crippen molar-refractivity contribution in [3.8, 4) is 0 Å². The Morgan fingerprint density at radius 1 is 1.06 bits per heavy atom. The number of hydrogen-bond donors (Lipinski definition) is 3. The number of nitrogens with zero attached hydrogens (tertiary/aromatic N) is 3. The number of carbonyl (C=O) groups excluding carboxylic acids is 1. The molecule has 0 atom stereocenters. The molecule has 3 aromatic rings. The number of amides is 1. The molecule has 36 heavy (non-hydrogen) atoms. The van der Waals surface area contributed by atoms with E-state index in [0.717, 1.165) is 66.8 Å². The number of anilines is 2. The lowest BCUT2D eigenvalue weighted by Crippen LogP contribution is -2.47. The quantitative estimate of drug-likeness (QED) is 0.422. The van der Waals surface area contributed by atoms with Crippen molar-refractivity contribution in [1.82, 2.24) is 9.27 Å². The Balaban J connectivity index is 0.000000331. The summed E-state index contributed by atoms with van der Waals surface area (Å²) in [5.41, 5.74) is 3.05. The number of benzene rings is 2. The molecule has 190 valence electrons. The SMILES string of the molecule is O=C(O)CCC(=O)O.O=C1Cc2cc(CCN3CCN(c4nsc5ccccc45)CC3)c(Cl)cc2N1. The standard InChI is InChI=1S/C21H21ClN4OS.C4H6O4/c22-17-13-18-15(12-20(27)23-18)11-14(17)5-6-25-7-9-26(10-8-25)21-16-3-1-2-4-19(16)28-24-21;5-3(6)1-2-4(7)8/h1-4,11,13H,5-10,12H2,(H,23,27);1-2H2,(H,5,6)(H,7,8). The maximum Gasteiger partial charge on any atom is 0.303 e. The minimum Gasteiger partial charge on any atom is -0.481 e. The predicted octanol–water partition coefficient (Wildman–Crippen LogP) is 3.74. The zero-order valence-electron chi connectivity index (χ0n) is 19.6. The molecule has 0 unspecified atom stereocenters. The molecule has 11 heteroatoms. The van der Waals surface area contributed by atoms with Crippen LogP contribution in [0, 0.1) is 0 Å². The van der Waals surface area contributed by atoms with Crippen LogP contribution in [0.3, 0.4) is 0 Å². The van der Waals surface area contributed by atoms with Gasteiger partial charge in [0.2, 0.25) is 5.91 Å². The molecule has 5 rings (SSSR count). The summed E-state index contributed by atoms with van der Waals surface area (Å²) in [7, 11) is 0. The summed E-state index contributed by atoms with van der Waals surface area (Å²) < 4.78 is 5.94. The molecular formula is C25H27ClN4O5S. The van der Waals surface area contributed by atoms with Gasteiger partial charge in [0.15, 0.2) is 0 Å². The van der Waals surface area contributed by atoms with Crippen LogP contribution in [0.25, 0.3) is 10.1 Å². The van der Waals surface area contributed by atoms with E-state index < -0.39 is 11.9 Å². The molecule has 1 aromatic heterocycles. The topological polar surface area (TPSA) is 123 Å². The van der Waals surface area contributed by atoms with Gasteiger partial charge in [-0.3, -0.25) is 19.3 Å². The summed E-state index contributed by atoms with van der Waals surface area (Å²) in [6, 6.07) is 12.4. The summed E-state index contributed by atoms with van der Waals surface area (Å²) in [5.74, 6) is -0.979. The van der Waals surface area contributed by atoms with Crippen LogP contribution in [0.2, 0.25) is 5.02 Å². The summed E-state index contributed by atoms with van der Waals surface area (Å²) in [4.78, 5) is 35.7. The highest BCUT2D eigenvalue weighted by Gasteiger charge is 2.22. The van der Waals surface area contributed by atoms with E-state index in [1.807, 2.05) is 6.07 Å². The van der Waals surface area contributed by atoms with Crippen LogP contribution in [0.1, 0.15) is 24.0 Å². The Morgan fingerprint density at radius 2 is 1.75 bits per heavy atom. The van der Waals surface area contributed by atoms with Gasteiger partial charge in [-0.1, -0.05) is 29.8 Å². The van der Waals surface area contributed by atoms with E-state index in [2.05, 4.69) is 49.8 Å². The number of hydrogen-bond acceptors (Lipinski definition) is 7. The Kier molecular flexibility index (Phi) is 8.40. The monoisotopic (exact) mass is 530 g/mol. The predicted molar refractivity (Wildman–Crippen MR) is 140 cm³/mol. The van der Waals surface area contributed by atoms with E-state index in [9.17, 15) is 14.4 Å². The fourth-order valence-corrected chi connectivity index (χ4v) is 5.32. The van der Waals surface area contributed by atoms with Crippen LogP contribution >= 0.6 is 23.1 Å². The molecule has 0 saturated carbocycles. The lowest BCUT2D eigenvalue weighted by Gasteiger charge is -2.35. The van der Waals surface area contributed by atoms with Gasteiger partial charge in [-0.25, -0.2) is 0 Å². The van der Waals surface area contributed by atoms with Gasteiger partial charge in [-0.15, -0.1) is 0 Å².